The standard InChI is InChI=1S/C14H19NO5S/c1-9-6-7-13(20-9)21(18,19)15-11-5-3-2-4-10(11)8-12(15)14(16)17/h6-7,10-12H,2-5,8H2,1H3,(H,16,17). The largest absolute Gasteiger partial charge is 0.480 e. The van der Waals surface area contributed by atoms with E-state index in [0.29, 0.717) is 12.2 Å². The molecule has 2 heterocycles. The molecule has 21 heavy (non-hydrogen) atoms. The average Bonchev–Trinajstić information content (AvgIpc) is 3.02. The highest BCUT2D eigenvalue weighted by atomic mass is 32.2. The molecule has 3 unspecified atom stereocenters. The Morgan fingerprint density at radius 3 is 2.67 bits per heavy atom. The second-order valence-corrected chi connectivity index (χ2v) is 7.68. The minimum absolute atomic E-state index is 0.144. The van der Waals surface area contributed by atoms with E-state index < -0.39 is 22.0 Å². The number of rotatable bonds is 3. The van der Waals surface area contributed by atoms with Crippen LogP contribution in [0.15, 0.2) is 21.6 Å². The molecule has 1 aromatic heterocycles. The Morgan fingerprint density at radius 2 is 2.05 bits per heavy atom. The van der Waals surface area contributed by atoms with Crippen molar-refractivity contribution >= 4 is 16.0 Å². The molecular weight excluding hydrogens is 294 g/mol. The Kier molecular flexibility index (Phi) is 3.57. The van der Waals surface area contributed by atoms with E-state index in [4.69, 9.17) is 4.42 Å². The van der Waals surface area contributed by atoms with Gasteiger partial charge in [0.05, 0.1) is 0 Å². The summed E-state index contributed by atoms with van der Waals surface area (Å²) in [6.45, 7) is 1.67. The molecule has 0 bridgehead atoms. The average molecular weight is 313 g/mol. The number of carbonyl (C=O) groups is 1. The Bertz CT molecular complexity index is 650. The Morgan fingerprint density at radius 1 is 1.33 bits per heavy atom. The lowest BCUT2D eigenvalue weighted by Crippen LogP contribution is -2.45. The summed E-state index contributed by atoms with van der Waals surface area (Å²) in [5.41, 5.74) is 0. The molecule has 1 N–H and O–H groups in total. The second-order valence-electron chi connectivity index (χ2n) is 5.90. The number of fused-ring (bicyclic) bond motifs is 1. The molecule has 7 heteroatoms. The van der Waals surface area contributed by atoms with Gasteiger partial charge in [0.15, 0.2) is 0 Å². The van der Waals surface area contributed by atoms with E-state index in [9.17, 15) is 18.3 Å². The maximum Gasteiger partial charge on any atom is 0.322 e. The lowest BCUT2D eigenvalue weighted by Gasteiger charge is -2.31. The molecule has 1 aliphatic carbocycles. The number of aryl methyl sites for hydroxylation is 1. The van der Waals surface area contributed by atoms with Crippen LogP contribution in [0.5, 0.6) is 0 Å². The fourth-order valence-electron chi connectivity index (χ4n) is 3.63. The number of nitrogens with zero attached hydrogens (tertiary/aromatic N) is 1. The molecule has 1 aliphatic heterocycles. The first-order chi connectivity index (χ1) is 9.91. The van der Waals surface area contributed by atoms with Crippen LogP contribution in [-0.4, -0.2) is 35.9 Å². The Labute approximate surface area is 123 Å². The minimum atomic E-state index is -3.90. The van der Waals surface area contributed by atoms with Crippen molar-refractivity contribution in [3.8, 4) is 0 Å². The van der Waals surface area contributed by atoms with Gasteiger partial charge >= 0.3 is 5.97 Å². The highest BCUT2D eigenvalue weighted by Crippen LogP contribution is 2.42. The molecule has 0 aromatic carbocycles. The van der Waals surface area contributed by atoms with Gasteiger partial charge in [-0.3, -0.25) is 4.79 Å². The van der Waals surface area contributed by atoms with E-state index in [-0.39, 0.29) is 17.1 Å². The predicted molar refractivity (Wildman–Crippen MR) is 74.3 cm³/mol. The number of furan rings is 1. The highest BCUT2D eigenvalue weighted by molar-refractivity contribution is 7.89. The SMILES string of the molecule is Cc1ccc(S(=O)(=O)N2C(C(=O)O)CC3CCCCC32)o1. The van der Waals surface area contributed by atoms with Crippen molar-refractivity contribution in [2.75, 3.05) is 0 Å². The topological polar surface area (TPSA) is 87.8 Å². The van der Waals surface area contributed by atoms with E-state index in [0.717, 1.165) is 25.7 Å². The maximum atomic E-state index is 12.8. The van der Waals surface area contributed by atoms with Crippen molar-refractivity contribution in [3.05, 3.63) is 17.9 Å². The zero-order valence-electron chi connectivity index (χ0n) is 11.9. The predicted octanol–water partition coefficient (Wildman–Crippen LogP) is 1.99. The van der Waals surface area contributed by atoms with E-state index in [1.54, 1.807) is 13.0 Å². The molecule has 0 spiro atoms. The van der Waals surface area contributed by atoms with Crippen molar-refractivity contribution < 1.29 is 22.7 Å². The Balaban J connectivity index is 2.02. The molecule has 6 nitrogen and oxygen atoms in total. The van der Waals surface area contributed by atoms with Crippen molar-refractivity contribution in [2.45, 2.75) is 56.2 Å². The van der Waals surface area contributed by atoms with Gasteiger partial charge in [-0.15, -0.1) is 0 Å². The van der Waals surface area contributed by atoms with Gasteiger partial charge in [-0.2, -0.15) is 4.31 Å². The molecule has 0 radical (unpaired) electrons. The monoisotopic (exact) mass is 313 g/mol. The number of hydrogen-bond acceptors (Lipinski definition) is 4. The summed E-state index contributed by atoms with van der Waals surface area (Å²) in [7, 11) is -3.90. The number of hydrogen-bond donors (Lipinski definition) is 1. The van der Waals surface area contributed by atoms with E-state index in [1.807, 2.05) is 0 Å². The highest BCUT2D eigenvalue weighted by Gasteiger charge is 2.51. The van der Waals surface area contributed by atoms with Crippen molar-refractivity contribution in [1.82, 2.24) is 4.31 Å². The zero-order valence-corrected chi connectivity index (χ0v) is 12.7. The molecule has 116 valence electrons. The molecule has 3 atom stereocenters. The van der Waals surface area contributed by atoms with Crippen LogP contribution in [0.2, 0.25) is 0 Å². The third-order valence-corrected chi connectivity index (χ3v) is 6.37. The van der Waals surface area contributed by atoms with Crippen LogP contribution in [0.1, 0.15) is 37.9 Å². The molecule has 2 aliphatic rings. The molecule has 1 saturated heterocycles. The summed E-state index contributed by atoms with van der Waals surface area (Å²) in [6.07, 6.45) is 4.02. The Hall–Kier alpha value is -1.34. The fourth-order valence-corrected chi connectivity index (χ4v) is 5.46. The smallest absolute Gasteiger partial charge is 0.322 e. The zero-order chi connectivity index (χ0) is 15.2. The van der Waals surface area contributed by atoms with E-state index in [2.05, 4.69) is 0 Å². The number of carboxylic acid groups (broad SMARTS) is 1. The van der Waals surface area contributed by atoms with Gasteiger partial charge in [0, 0.05) is 6.04 Å². The van der Waals surface area contributed by atoms with Crippen LogP contribution in [0.3, 0.4) is 0 Å². The van der Waals surface area contributed by atoms with Gasteiger partial charge in [0.25, 0.3) is 10.0 Å². The van der Waals surface area contributed by atoms with E-state index >= 15 is 0 Å². The second kappa shape index (κ2) is 5.14. The van der Waals surface area contributed by atoms with Crippen LogP contribution < -0.4 is 0 Å². The molecule has 3 rings (SSSR count). The summed E-state index contributed by atoms with van der Waals surface area (Å²) >= 11 is 0. The fraction of sp³-hybridized carbons (Fsp3) is 0.643. The number of sulfonamides is 1. The lowest BCUT2D eigenvalue weighted by atomic mass is 9.85. The molecular formula is C14H19NO5S. The summed E-state index contributed by atoms with van der Waals surface area (Å²) in [5, 5.41) is 9.25. The third-order valence-electron chi connectivity index (χ3n) is 4.56. The van der Waals surface area contributed by atoms with Crippen LogP contribution >= 0.6 is 0 Å². The van der Waals surface area contributed by atoms with Crippen LogP contribution in [0.4, 0.5) is 0 Å². The van der Waals surface area contributed by atoms with Crippen LogP contribution in [-0.2, 0) is 14.8 Å². The number of aliphatic carboxylic acids is 1. The third kappa shape index (κ3) is 2.38. The molecule has 1 aromatic rings. The summed E-state index contributed by atoms with van der Waals surface area (Å²) in [5.74, 6) is -0.429. The normalized spacial score (nSPS) is 30.2. The van der Waals surface area contributed by atoms with E-state index in [1.165, 1.54) is 10.4 Å². The summed E-state index contributed by atoms with van der Waals surface area (Å²) in [6, 6.07) is 1.79. The minimum Gasteiger partial charge on any atom is -0.480 e. The van der Waals surface area contributed by atoms with Crippen molar-refractivity contribution in [2.24, 2.45) is 5.92 Å². The van der Waals surface area contributed by atoms with Gasteiger partial charge < -0.3 is 9.52 Å². The van der Waals surface area contributed by atoms with Gasteiger partial charge in [-0.25, -0.2) is 8.42 Å². The maximum absolute atomic E-state index is 12.8. The first-order valence-electron chi connectivity index (χ1n) is 7.24. The summed E-state index contributed by atoms with van der Waals surface area (Å²) in [4.78, 5) is 11.5. The first-order valence-corrected chi connectivity index (χ1v) is 8.68. The van der Waals surface area contributed by atoms with Gasteiger partial charge in [-0.1, -0.05) is 12.8 Å². The molecule has 2 fully saturated rings. The van der Waals surface area contributed by atoms with Gasteiger partial charge in [0.2, 0.25) is 5.09 Å². The van der Waals surface area contributed by atoms with Gasteiger partial charge in [0.1, 0.15) is 11.8 Å². The quantitative estimate of drug-likeness (QED) is 0.922. The lowest BCUT2D eigenvalue weighted by molar-refractivity contribution is -0.141. The van der Waals surface area contributed by atoms with Gasteiger partial charge in [-0.05, 0) is 44.2 Å². The first kappa shape index (κ1) is 14.6. The summed E-state index contributed by atoms with van der Waals surface area (Å²) < 4.78 is 32.0. The van der Waals surface area contributed by atoms with Crippen molar-refractivity contribution in [3.63, 3.8) is 0 Å². The van der Waals surface area contributed by atoms with Crippen LogP contribution in [0, 0.1) is 12.8 Å². The van der Waals surface area contributed by atoms with Crippen molar-refractivity contribution in [1.29, 1.82) is 0 Å². The molecule has 1 saturated carbocycles. The van der Waals surface area contributed by atoms with Crippen LogP contribution in [0.25, 0.3) is 0 Å². The number of carboxylic acids is 1. The molecule has 0 amide bonds.